The molecule has 0 bridgehead atoms. The van der Waals surface area contributed by atoms with E-state index < -0.39 is 11.7 Å². The van der Waals surface area contributed by atoms with Crippen LogP contribution in [0, 0.1) is 12.0 Å². The predicted octanol–water partition coefficient (Wildman–Crippen LogP) is 8.75. The zero-order chi connectivity index (χ0) is 24.1. The van der Waals surface area contributed by atoms with Crippen LogP contribution in [-0.4, -0.2) is 5.43 Å². The molecular formula is C27H29F3SiZr. The quantitative estimate of drug-likeness (QED) is 0.218. The Hall–Kier alpha value is -1.58. The summed E-state index contributed by atoms with van der Waals surface area (Å²) in [7, 11) is 0. The van der Waals surface area contributed by atoms with Crippen LogP contribution in [0.15, 0.2) is 77.4 Å². The van der Waals surface area contributed by atoms with Gasteiger partial charge in [0.15, 0.2) is 0 Å². The van der Waals surface area contributed by atoms with Gasteiger partial charge in [0.25, 0.3) is 0 Å². The smallest absolute Gasteiger partial charge is 0.166 e. The zero-order valence-corrected chi connectivity index (χ0v) is 22.9. The second-order valence-corrected chi connectivity index (χ2v) is 17.6. The summed E-state index contributed by atoms with van der Waals surface area (Å²) in [5, 5.41) is 2.01. The Bertz CT molecular complexity index is 1140. The van der Waals surface area contributed by atoms with E-state index in [-0.39, 0.29) is 5.43 Å². The second-order valence-electron chi connectivity index (χ2n) is 8.21. The van der Waals surface area contributed by atoms with Crippen LogP contribution in [0.2, 0.25) is 13.1 Å². The van der Waals surface area contributed by atoms with Crippen molar-refractivity contribution in [1.82, 2.24) is 0 Å². The normalized spacial score (nSPS) is 15.6. The van der Waals surface area contributed by atoms with E-state index in [1.807, 2.05) is 36.4 Å². The molecule has 0 aromatic heterocycles. The Morgan fingerprint density at radius 2 is 1.62 bits per heavy atom. The van der Waals surface area contributed by atoms with Gasteiger partial charge in [0.05, 0.1) is 5.56 Å². The van der Waals surface area contributed by atoms with Gasteiger partial charge in [0.1, 0.15) is 0 Å². The van der Waals surface area contributed by atoms with Crippen molar-refractivity contribution in [1.29, 1.82) is 0 Å². The van der Waals surface area contributed by atoms with Gasteiger partial charge in [0.2, 0.25) is 0 Å². The first-order valence-electron chi connectivity index (χ1n) is 10.5. The molecule has 0 heterocycles. The van der Waals surface area contributed by atoms with E-state index in [0.717, 1.165) is 22.4 Å². The molecule has 1 aliphatic rings. The average Bonchev–Trinajstić information content (AvgIpc) is 3.24. The molecule has 0 saturated carbocycles. The molecule has 0 saturated heterocycles. The molecule has 5 heteroatoms. The maximum atomic E-state index is 12.7. The van der Waals surface area contributed by atoms with E-state index in [4.69, 9.17) is 0 Å². The van der Waals surface area contributed by atoms with Gasteiger partial charge in [-0.2, -0.15) is 24.3 Å². The third kappa shape index (κ3) is 7.22. The fourth-order valence-corrected chi connectivity index (χ4v) is 3.43. The molecule has 32 heavy (non-hydrogen) atoms. The van der Waals surface area contributed by atoms with Crippen molar-refractivity contribution in [2.24, 2.45) is 5.92 Å². The minimum atomic E-state index is -4.31. The third-order valence-electron chi connectivity index (χ3n) is 5.42. The maximum absolute atomic E-state index is 12.7. The van der Waals surface area contributed by atoms with E-state index in [9.17, 15) is 13.2 Å². The minimum absolute atomic E-state index is 0.210. The van der Waals surface area contributed by atoms with Crippen LogP contribution in [0.4, 0.5) is 13.2 Å². The molecule has 0 radical (unpaired) electrons. The third-order valence-corrected chi connectivity index (χ3v) is 5.42. The first-order valence-corrected chi connectivity index (χ1v) is 16.7. The number of fused-ring (bicyclic) bond motifs is 1. The van der Waals surface area contributed by atoms with Crippen LogP contribution in [-0.2, 0) is 29.5 Å². The van der Waals surface area contributed by atoms with Gasteiger partial charge in [-0.15, -0.1) is 53.6 Å². The fraction of sp³-hybridized carbons (Fsp3) is 0.296. The van der Waals surface area contributed by atoms with Gasteiger partial charge in [-0.1, -0.05) is 62.6 Å². The van der Waals surface area contributed by atoms with Crippen molar-refractivity contribution in [2.45, 2.75) is 47.0 Å². The van der Waals surface area contributed by atoms with Gasteiger partial charge >= 0.3 is 48.0 Å². The molecule has 166 valence electrons. The number of hydrogen-bond acceptors (Lipinski definition) is 0. The molecular weight excluding hydrogens is 501 g/mol. The van der Waals surface area contributed by atoms with Gasteiger partial charge in [-0.05, 0) is 0 Å². The number of halogens is 3. The van der Waals surface area contributed by atoms with E-state index >= 15 is 0 Å². The van der Waals surface area contributed by atoms with Crippen LogP contribution in [0.1, 0.15) is 33.3 Å². The summed E-state index contributed by atoms with van der Waals surface area (Å²) in [5.41, 5.74) is 5.27. The maximum Gasteiger partial charge on any atom is 0.416 e. The van der Waals surface area contributed by atoms with Gasteiger partial charge in [-0.3, -0.25) is 6.08 Å². The Morgan fingerprint density at radius 1 is 1.00 bits per heavy atom. The van der Waals surface area contributed by atoms with Crippen LogP contribution in [0.5, 0.6) is 0 Å². The number of hydrogen-bond donors (Lipinski definition) is 0. The summed E-state index contributed by atoms with van der Waals surface area (Å²) >= 11 is 1.74. The Kier molecular flexibility index (Phi) is 9.60. The predicted molar refractivity (Wildman–Crippen MR) is 127 cm³/mol. The van der Waals surface area contributed by atoms with Crippen molar-refractivity contribution >= 4 is 16.2 Å². The monoisotopic (exact) mass is 528 g/mol. The Balaban J connectivity index is 0.000000233. The SMILES string of the molecule is CC1=[C-]C(C)C(C)=C1C.C[Si](C)=[Zr+2].FC(F)(F)c1cccc(-c2c[cH-]c3ccccc23)c1. The van der Waals surface area contributed by atoms with Crippen molar-refractivity contribution in [2.75, 3.05) is 0 Å². The molecule has 0 fully saturated rings. The van der Waals surface area contributed by atoms with E-state index in [0.29, 0.717) is 11.5 Å². The van der Waals surface area contributed by atoms with Crippen LogP contribution in [0.25, 0.3) is 21.9 Å². The molecule has 3 aromatic rings. The van der Waals surface area contributed by atoms with E-state index in [1.165, 1.54) is 28.9 Å². The van der Waals surface area contributed by atoms with Crippen molar-refractivity contribution < 1.29 is 36.5 Å². The standard InChI is InChI=1S/C16H10F3.C9H13.C2H6Si.Zr/c17-16(18,19)13-6-3-5-12(10-13)15-9-8-11-4-1-2-7-14(11)15;1-6-5-7(2)9(4)8(6)3;1-3-2;/h1-10H;6H,1-4H3;1-2H3;/q2*-1;;+2. The van der Waals surface area contributed by atoms with Gasteiger partial charge in [-0.25, -0.2) is 5.57 Å². The summed E-state index contributed by atoms with van der Waals surface area (Å²) in [6.07, 6.45) is -0.948. The molecule has 3 aromatic carbocycles. The minimum Gasteiger partial charge on any atom is -0.166 e. The number of allylic oxidation sites excluding steroid dienone is 4. The summed E-state index contributed by atoms with van der Waals surface area (Å²) in [4.78, 5) is 0. The molecule has 0 N–H and O–H groups in total. The van der Waals surface area contributed by atoms with Gasteiger partial charge in [0, 0.05) is 0 Å². The number of alkyl halides is 3. The fourth-order valence-electron chi connectivity index (χ4n) is 3.43. The molecule has 1 atom stereocenters. The topological polar surface area (TPSA) is 0 Å². The Morgan fingerprint density at radius 3 is 2.12 bits per heavy atom. The molecule has 0 nitrogen and oxygen atoms in total. The van der Waals surface area contributed by atoms with E-state index in [2.05, 4.69) is 46.9 Å². The first-order chi connectivity index (χ1) is 14.9. The van der Waals surface area contributed by atoms with Crippen LogP contribution in [0.3, 0.4) is 0 Å². The first kappa shape index (κ1) is 26.7. The summed E-state index contributed by atoms with van der Waals surface area (Å²) in [5.74, 6) is 0.560. The molecule has 0 aliphatic heterocycles. The van der Waals surface area contributed by atoms with Crippen LogP contribution < -0.4 is 0 Å². The zero-order valence-electron chi connectivity index (χ0n) is 19.5. The van der Waals surface area contributed by atoms with Crippen LogP contribution >= 0.6 is 0 Å². The Labute approximate surface area is 205 Å². The molecule has 4 rings (SSSR count). The van der Waals surface area contributed by atoms with E-state index in [1.54, 1.807) is 29.4 Å². The molecule has 1 unspecified atom stereocenters. The molecule has 0 amide bonds. The van der Waals surface area contributed by atoms with Crippen molar-refractivity contribution in [3.8, 4) is 11.1 Å². The number of benzene rings is 2. The average molecular weight is 530 g/mol. The largest absolute Gasteiger partial charge is 0.416 e. The van der Waals surface area contributed by atoms with Crippen molar-refractivity contribution in [3.63, 3.8) is 0 Å². The molecule has 0 spiro atoms. The summed E-state index contributed by atoms with van der Waals surface area (Å²) < 4.78 is 38.2. The summed E-state index contributed by atoms with van der Waals surface area (Å²) in [6, 6.07) is 16.9. The second kappa shape index (κ2) is 11.5. The van der Waals surface area contributed by atoms with Gasteiger partial charge < -0.3 is 0 Å². The summed E-state index contributed by atoms with van der Waals surface area (Å²) in [6.45, 7) is 13.3. The van der Waals surface area contributed by atoms with Crippen molar-refractivity contribution in [3.05, 3.63) is 89.0 Å². The number of rotatable bonds is 1. The molecule has 1 aliphatic carbocycles.